The van der Waals surface area contributed by atoms with Gasteiger partial charge in [0.25, 0.3) is 0 Å². The highest BCUT2D eigenvalue weighted by Gasteiger charge is 2.20. The molecule has 0 rings (SSSR count). The molecule has 5 nitrogen and oxygen atoms in total. The highest BCUT2D eigenvalue weighted by atomic mass is 16.6. The summed E-state index contributed by atoms with van der Waals surface area (Å²) in [6, 6.07) is -0.741. The zero-order chi connectivity index (χ0) is 15.9. The Balaban J connectivity index is 3.76. The average Bonchev–Trinajstić information content (AvgIpc) is 2.43. The van der Waals surface area contributed by atoms with E-state index in [-0.39, 0.29) is 17.8 Å². The van der Waals surface area contributed by atoms with Gasteiger partial charge < -0.3 is 5.11 Å². The topological polar surface area (TPSA) is 80.4 Å². The second-order valence-electron chi connectivity index (χ2n) is 4.79. The van der Waals surface area contributed by atoms with Crippen LogP contribution < -0.4 is 0 Å². The summed E-state index contributed by atoms with van der Waals surface area (Å²) in [6.07, 6.45) is 16.1. The van der Waals surface area contributed by atoms with Crippen molar-refractivity contribution in [1.29, 1.82) is 0 Å². The van der Waals surface area contributed by atoms with E-state index in [9.17, 15) is 14.9 Å². The molecule has 118 valence electrons. The first-order valence-corrected chi connectivity index (χ1v) is 7.34. The number of nitrogens with zero attached hydrogens (tertiary/aromatic N) is 1. The lowest BCUT2D eigenvalue weighted by atomic mass is 10.0. The van der Waals surface area contributed by atoms with Crippen molar-refractivity contribution >= 4 is 5.97 Å². The maximum atomic E-state index is 10.8. The summed E-state index contributed by atoms with van der Waals surface area (Å²) in [5, 5.41) is 19.3. The molecule has 0 bridgehead atoms. The number of allylic oxidation sites excluding steroid dienone is 6. The van der Waals surface area contributed by atoms with Gasteiger partial charge in [0.2, 0.25) is 6.04 Å². The first-order chi connectivity index (χ1) is 10.1. The summed E-state index contributed by atoms with van der Waals surface area (Å²) < 4.78 is 0. The molecule has 0 aliphatic heterocycles. The molecule has 0 spiro atoms. The Bertz CT molecular complexity index is 386. The van der Waals surface area contributed by atoms with Gasteiger partial charge in [0.1, 0.15) is 0 Å². The lowest BCUT2D eigenvalue weighted by Gasteiger charge is -2.06. The molecule has 0 aromatic heterocycles. The van der Waals surface area contributed by atoms with E-state index in [1.807, 2.05) is 25.2 Å². The number of carbonyl (C=O) groups is 1. The van der Waals surface area contributed by atoms with Gasteiger partial charge in [-0.15, -0.1) is 0 Å². The fourth-order valence-electron chi connectivity index (χ4n) is 1.82. The van der Waals surface area contributed by atoms with Crippen molar-refractivity contribution in [2.45, 2.75) is 57.9 Å². The van der Waals surface area contributed by atoms with E-state index in [0.717, 1.165) is 19.3 Å². The second kappa shape index (κ2) is 13.1. The fraction of sp³-hybridized carbons (Fsp3) is 0.562. The summed E-state index contributed by atoms with van der Waals surface area (Å²) in [7, 11) is 0. The molecule has 1 unspecified atom stereocenters. The van der Waals surface area contributed by atoms with Crippen LogP contribution >= 0.6 is 0 Å². The Hall–Kier alpha value is -1.91. The average molecular weight is 295 g/mol. The van der Waals surface area contributed by atoms with Crippen LogP contribution in [0, 0.1) is 10.1 Å². The molecular formula is C16H25NO4. The Morgan fingerprint density at radius 1 is 1.14 bits per heavy atom. The maximum Gasteiger partial charge on any atom is 0.303 e. The third-order valence-corrected chi connectivity index (χ3v) is 3.01. The van der Waals surface area contributed by atoms with Crippen LogP contribution in [0.4, 0.5) is 0 Å². The molecule has 0 heterocycles. The molecular weight excluding hydrogens is 270 g/mol. The maximum absolute atomic E-state index is 10.8. The molecule has 1 N–H and O–H groups in total. The van der Waals surface area contributed by atoms with Crippen molar-refractivity contribution in [1.82, 2.24) is 0 Å². The molecule has 0 aromatic carbocycles. The van der Waals surface area contributed by atoms with Gasteiger partial charge in [-0.1, -0.05) is 36.5 Å². The summed E-state index contributed by atoms with van der Waals surface area (Å²) in [5.41, 5.74) is 0. The Kier molecular flexibility index (Phi) is 11.9. The number of unbranched alkanes of at least 4 members (excludes halogenated alkanes) is 1. The third kappa shape index (κ3) is 12.9. The van der Waals surface area contributed by atoms with E-state index in [2.05, 4.69) is 18.2 Å². The molecule has 0 radical (unpaired) electrons. The lowest BCUT2D eigenvalue weighted by molar-refractivity contribution is -0.524. The monoisotopic (exact) mass is 295 g/mol. The Labute approximate surface area is 126 Å². The number of nitro groups is 1. The molecule has 5 heteroatoms. The van der Waals surface area contributed by atoms with Crippen molar-refractivity contribution < 1.29 is 14.8 Å². The Morgan fingerprint density at radius 3 is 2.33 bits per heavy atom. The summed E-state index contributed by atoms with van der Waals surface area (Å²) in [5.74, 6) is -0.980. The predicted molar refractivity (Wildman–Crippen MR) is 83.8 cm³/mol. The first-order valence-electron chi connectivity index (χ1n) is 7.34. The van der Waals surface area contributed by atoms with E-state index in [1.54, 1.807) is 0 Å². The zero-order valence-corrected chi connectivity index (χ0v) is 12.6. The van der Waals surface area contributed by atoms with Crippen molar-refractivity contribution in [2.24, 2.45) is 0 Å². The minimum absolute atomic E-state index is 0.111. The second-order valence-corrected chi connectivity index (χ2v) is 4.79. The normalized spacial score (nSPS) is 13.4. The van der Waals surface area contributed by atoms with Gasteiger partial charge in [-0.25, -0.2) is 0 Å². The van der Waals surface area contributed by atoms with Crippen LogP contribution in [0.3, 0.4) is 0 Å². The van der Waals surface area contributed by atoms with Gasteiger partial charge in [-0.05, 0) is 32.6 Å². The minimum atomic E-state index is -0.980. The van der Waals surface area contributed by atoms with E-state index in [1.165, 1.54) is 0 Å². The highest BCUT2D eigenvalue weighted by Crippen LogP contribution is 2.11. The Morgan fingerprint density at radius 2 is 1.76 bits per heavy atom. The van der Waals surface area contributed by atoms with Gasteiger partial charge >= 0.3 is 5.97 Å². The smallest absolute Gasteiger partial charge is 0.303 e. The SMILES string of the molecule is CC=CCC=CCC=CCCCC(CCC(=O)O)[N+](=O)[O-]. The molecule has 0 aliphatic rings. The number of rotatable bonds is 12. The molecule has 0 fully saturated rings. The molecule has 1 atom stereocenters. The molecule has 21 heavy (non-hydrogen) atoms. The number of carboxylic acid groups (broad SMARTS) is 1. The van der Waals surface area contributed by atoms with Crippen LogP contribution in [-0.4, -0.2) is 22.0 Å². The van der Waals surface area contributed by atoms with Crippen LogP contribution in [0.5, 0.6) is 0 Å². The van der Waals surface area contributed by atoms with E-state index < -0.39 is 12.0 Å². The first kappa shape index (κ1) is 19.1. The van der Waals surface area contributed by atoms with Crippen molar-refractivity contribution in [2.75, 3.05) is 0 Å². The van der Waals surface area contributed by atoms with Gasteiger partial charge in [-0.2, -0.15) is 0 Å². The lowest BCUT2D eigenvalue weighted by Crippen LogP contribution is -2.20. The van der Waals surface area contributed by atoms with Crippen LogP contribution in [0.15, 0.2) is 36.5 Å². The largest absolute Gasteiger partial charge is 0.481 e. The standard InChI is InChI=1S/C16H25NO4/c1-2-3-4-5-6-7-8-9-10-11-12-15(17(20)21)13-14-16(18)19/h2-3,5-6,8-9,15H,4,7,10-14H2,1H3,(H,18,19). The van der Waals surface area contributed by atoms with Gasteiger partial charge in [0.05, 0.1) is 6.42 Å². The molecule has 0 amide bonds. The number of aliphatic carboxylic acids is 1. The van der Waals surface area contributed by atoms with Crippen LogP contribution in [0.25, 0.3) is 0 Å². The van der Waals surface area contributed by atoms with Crippen molar-refractivity contribution in [3.8, 4) is 0 Å². The summed E-state index contributed by atoms with van der Waals surface area (Å²) in [4.78, 5) is 20.8. The van der Waals surface area contributed by atoms with Crippen LogP contribution in [-0.2, 0) is 4.79 Å². The zero-order valence-electron chi connectivity index (χ0n) is 12.6. The third-order valence-electron chi connectivity index (χ3n) is 3.01. The van der Waals surface area contributed by atoms with Gasteiger partial charge in [-0.3, -0.25) is 14.9 Å². The van der Waals surface area contributed by atoms with Gasteiger partial charge in [0, 0.05) is 17.8 Å². The van der Waals surface area contributed by atoms with Gasteiger partial charge in [0.15, 0.2) is 0 Å². The number of hydrogen-bond acceptors (Lipinski definition) is 3. The van der Waals surface area contributed by atoms with Crippen LogP contribution in [0.1, 0.15) is 51.9 Å². The highest BCUT2D eigenvalue weighted by molar-refractivity contribution is 5.66. The van der Waals surface area contributed by atoms with Crippen molar-refractivity contribution in [3.63, 3.8) is 0 Å². The summed E-state index contributed by atoms with van der Waals surface area (Å²) in [6.45, 7) is 1.99. The predicted octanol–water partition coefficient (Wildman–Crippen LogP) is 4.14. The fourth-order valence-corrected chi connectivity index (χ4v) is 1.82. The molecule has 0 saturated carbocycles. The quantitative estimate of drug-likeness (QED) is 0.254. The molecule has 0 aliphatic carbocycles. The number of hydrogen-bond donors (Lipinski definition) is 1. The minimum Gasteiger partial charge on any atom is -0.481 e. The van der Waals surface area contributed by atoms with E-state index in [4.69, 9.17) is 5.11 Å². The number of carboxylic acids is 1. The van der Waals surface area contributed by atoms with Crippen LogP contribution in [0.2, 0.25) is 0 Å². The van der Waals surface area contributed by atoms with E-state index >= 15 is 0 Å². The summed E-state index contributed by atoms with van der Waals surface area (Å²) >= 11 is 0. The molecule has 0 saturated heterocycles. The van der Waals surface area contributed by atoms with E-state index in [0.29, 0.717) is 12.8 Å². The van der Waals surface area contributed by atoms with Crippen molar-refractivity contribution in [3.05, 3.63) is 46.6 Å². The molecule has 0 aromatic rings.